The third-order valence-corrected chi connectivity index (χ3v) is 1.76. The second-order valence-electron chi connectivity index (χ2n) is 4.08. The molecule has 102 valence electrons. The van der Waals surface area contributed by atoms with Gasteiger partial charge in [0, 0.05) is 0 Å². The molecule has 1 heterocycles. The monoisotopic (exact) mass is 260 g/mol. The quantitative estimate of drug-likeness (QED) is 0.540. The predicted molar refractivity (Wildman–Crippen MR) is 61.9 cm³/mol. The molecule has 0 bridgehead atoms. The molecule has 0 aliphatic heterocycles. The molecule has 0 saturated heterocycles. The zero-order valence-electron chi connectivity index (χ0n) is 10.3. The molecule has 0 saturated carbocycles. The zero-order chi connectivity index (χ0) is 14.5. The first-order chi connectivity index (χ1) is 8.05. The van der Waals surface area contributed by atoms with Crippen molar-refractivity contribution in [3.8, 4) is 0 Å². The standard InChI is InChI=1S/C7H9NO4.C3H7NO2/c1-7(2,9)5-3-4-6(12-5)8(10)11;1-2(4)3(5)6/h3-4,9H,1-2H3;2H,4H2,1H3,(H,5,6)/t;2-/m.0/s1. The molecule has 0 fully saturated rings. The minimum absolute atomic E-state index is 0.189. The van der Waals surface area contributed by atoms with Gasteiger partial charge in [-0.3, -0.25) is 14.9 Å². The molecule has 0 spiro atoms. The molecule has 1 atom stereocenters. The fourth-order valence-electron chi connectivity index (χ4n) is 0.755. The van der Waals surface area contributed by atoms with Gasteiger partial charge in [0.1, 0.15) is 22.3 Å². The highest BCUT2D eigenvalue weighted by molar-refractivity contribution is 5.72. The second-order valence-corrected chi connectivity index (χ2v) is 4.08. The topological polar surface area (TPSA) is 140 Å². The Morgan fingerprint density at radius 1 is 1.56 bits per heavy atom. The summed E-state index contributed by atoms with van der Waals surface area (Å²) in [4.78, 5) is 19.1. The van der Waals surface area contributed by atoms with Gasteiger partial charge in [0.15, 0.2) is 0 Å². The molecule has 8 heteroatoms. The van der Waals surface area contributed by atoms with Gasteiger partial charge < -0.3 is 20.4 Å². The Balaban J connectivity index is 0.000000411. The smallest absolute Gasteiger partial charge is 0.433 e. The summed E-state index contributed by atoms with van der Waals surface area (Å²) in [6.45, 7) is 4.41. The summed E-state index contributed by atoms with van der Waals surface area (Å²) < 4.78 is 4.76. The first kappa shape index (κ1) is 16.1. The van der Waals surface area contributed by atoms with Gasteiger partial charge in [0.05, 0.1) is 6.07 Å². The second kappa shape index (κ2) is 6.12. The van der Waals surface area contributed by atoms with Crippen molar-refractivity contribution in [2.75, 3.05) is 0 Å². The van der Waals surface area contributed by atoms with Crippen molar-refractivity contribution >= 4 is 11.9 Å². The lowest BCUT2D eigenvalue weighted by Crippen LogP contribution is -2.25. The summed E-state index contributed by atoms with van der Waals surface area (Å²) in [6, 6.07) is 1.87. The third kappa shape index (κ3) is 5.41. The van der Waals surface area contributed by atoms with Gasteiger partial charge in [-0.05, 0) is 26.8 Å². The van der Waals surface area contributed by atoms with Crippen LogP contribution in [-0.4, -0.2) is 27.1 Å². The summed E-state index contributed by atoms with van der Waals surface area (Å²) in [5.74, 6) is -1.13. The van der Waals surface area contributed by atoms with Gasteiger partial charge in [0.25, 0.3) is 0 Å². The van der Waals surface area contributed by atoms with Crippen LogP contribution in [0.15, 0.2) is 16.5 Å². The molecule has 1 aromatic heterocycles. The third-order valence-electron chi connectivity index (χ3n) is 1.76. The van der Waals surface area contributed by atoms with Gasteiger partial charge in [-0.25, -0.2) is 0 Å². The summed E-state index contributed by atoms with van der Waals surface area (Å²) in [5.41, 5.74) is 3.66. The lowest BCUT2D eigenvalue weighted by molar-refractivity contribution is -0.402. The van der Waals surface area contributed by atoms with Crippen LogP contribution < -0.4 is 5.73 Å². The molecule has 4 N–H and O–H groups in total. The van der Waals surface area contributed by atoms with Crippen LogP contribution in [-0.2, 0) is 10.4 Å². The van der Waals surface area contributed by atoms with E-state index in [1.54, 1.807) is 0 Å². The van der Waals surface area contributed by atoms with E-state index in [9.17, 15) is 20.0 Å². The van der Waals surface area contributed by atoms with E-state index in [0.717, 1.165) is 0 Å². The predicted octanol–water partition coefficient (Wildman–Crippen LogP) is 0.833. The number of carboxylic acid groups (broad SMARTS) is 1. The molecule has 1 aromatic rings. The SMILES string of the molecule is CC(C)(O)c1ccc([N+](=O)[O-])o1.C[C@H](N)C(=O)O. The maximum atomic E-state index is 10.2. The van der Waals surface area contributed by atoms with Gasteiger partial charge in [-0.15, -0.1) is 0 Å². The molecule has 1 rings (SSSR count). The number of hydrogen-bond donors (Lipinski definition) is 3. The first-order valence-electron chi connectivity index (χ1n) is 5.01. The molecule has 0 amide bonds. The largest absolute Gasteiger partial charge is 0.480 e. The van der Waals surface area contributed by atoms with Crippen molar-refractivity contribution < 1.29 is 24.3 Å². The maximum Gasteiger partial charge on any atom is 0.433 e. The number of nitro groups is 1. The Morgan fingerprint density at radius 3 is 2.17 bits per heavy atom. The number of nitrogens with two attached hydrogens (primary N) is 1. The summed E-state index contributed by atoms with van der Waals surface area (Å²) in [7, 11) is 0. The van der Waals surface area contributed by atoms with Crippen LogP contribution in [0.2, 0.25) is 0 Å². The van der Waals surface area contributed by atoms with Gasteiger partial charge in [-0.1, -0.05) is 0 Å². The molecular formula is C10H16N2O6. The van der Waals surface area contributed by atoms with E-state index in [-0.39, 0.29) is 11.6 Å². The highest BCUT2D eigenvalue weighted by atomic mass is 16.6. The highest BCUT2D eigenvalue weighted by Crippen LogP contribution is 2.25. The summed E-state index contributed by atoms with van der Waals surface area (Å²) in [6.07, 6.45) is 0. The number of hydrogen-bond acceptors (Lipinski definition) is 6. The Kier molecular flexibility index (Phi) is 5.47. The van der Waals surface area contributed by atoms with Gasteiger partial charge in [0.2, 0.25) is 0 Å². The van der Waals surface area contributed by atoms with Crippen molar-refractivity contribution in [1.29, 1.82) is 0 Å². The molecule has 0 aliphatic rings. The fraction of sp³-hybridized carbons (Fsp3) is 0.500. The molecule has 0 aromatic carbocycles. The van der Waals surface area contributed by atoms with Crippen LogP contribution in [0.25, 0.3) is 0 Å². The summed E-state index contributed by atoms with van der Waals surface area (Å²) in [5, 5.41) is 27.4. The van der Waals surface area contributed by atoms with Crippen LogP contribution in [0.5, 0.6) is 0 Å². The number of carbonyl (C=O) groups is 1. The van der Waals surface area contributed by atoms with E-state index < -0.39 is 22.5 Å². The minimum atomic E-state index is -1.17. The minimum Gasteiger partial charge on any atom is -0.480 e. The maximum absolute atomic E-state index is 10.2. The van der Waals surface area contributed by atoms with Crippen LogP contribution in [0.1, 0.15) is 26.5 Å². The average Bonchev–Trinajstić information content (AvgIpc) is 2.66. The van der Waals surface area contributed by atoms with E-state index in [4.69, 9.17) is 15.3 Å². The number of nitrogens with zero attached hydrogens (tertiary/aromatic N) is 1. The normalized spacial score (nSPS) is 12.3. The molecule has 0 unspecified atom stereocenters. The Hall–Kier alpha value is -1.93. The highest BCUT2D eigenvalue weighted by Gasteiger charge is 2.23. The number of carboxylic acids is 1. The van der Waals surface area contributed by atoms with Crippen molar-refractivity contribution in [2.24, 2.45) is 5.73 Å². The number of rotatable bonds is 3. The zero-order valence-corrected chi connectivity index (χ0v) is 10.3. The fourth-order valence-corrected chi connectivity index (χ4v) is 0.755. The van der Waals surface area contributed by atoms with Crippen LogP contribution in [0, 0.1) is 10.1 Å². The molecular weight excluding hydrogens is 244 g/mol. The van der Waals surface area contributed by atoms with Crippen molar-refractivity contribution in [3.63, 3.8) is 0 Å². The van der Waals surface area contributed by atoms with Gasteiger partial charge in [-0.2, -0.15) is 0 Å². The van der Waals surface area contributed by atoms with Crippen LogP contribution in [0.4, 0.5) is 5.88 Å². The van der Waals surface area contributed by atoms with E-state index in [1.807, 2.05) is 0 Å². The van der Waals surface area contributed by atoms with E-state index in [1.165, 1.54) is 32.9 Å². The van der Waals surface area contributed by atoms with Crippen LogP contribution in [0.3, 0.4) is 0 Å². The van der Waals surface area contributed by atoms with Crippen molar-refractivity contribution in [1.82, 2.24) is 0 Å². The number of aliphatic hydroxyl groups is 1. The number of furan rings is 1. The van der Waals surface area contributed by atoms with E-state index >= 15 is 0 Å². The lowest BCUT2D eigenvalue weighted by atomic mass is 10.1. The first-order valence-corrected chi connectivity index (χ1v) is 5.01. The Labute approximate surface area is 103 Å². The van der Waals surface area contributed by atoms with Crippen molar-refractivity contribution in [2.45, 2.75) is 32.4 Å². The van der Waals surface area contributed by atoms with Crippen LogP contribution >= 0.6 is 0 Å². The lowest BCUT2D eigenvalue weighted by Gasteiger charge is -2.11. The molecule has 0 radical (unpaired) electrons. The van der Waals surface area contributed by atoms with E-state index in [2.05, 4.69) is 0 Å². The summed E-state index contributed by atoms with van der Waals surface area (Å²) >= 11 is 0. The molecule has 0 aliphatic carbocycles. The Morgan fingerprint density at radius 2 is 2.00 bits per heavy atom. The van der Waals surface area contributed by atoms with Gasteiger partial charge >= 0.3 is 11.9 Å². The van der Waals surface area contributed by atoms with E-state index in [0.29, 0.717) is 0 Å². The molecule has 18 heavy (non-hydrogen) atoms. The average molecular weight is 260 g/mol. The number of aliphatic carboxylic acids is 1. The molecule has 8 nitrogen and oxygen atoms in total. The van der Waals surface area contributed by atoms with Crippen molar-refractivity contribution in [3.05, 3.63) is 28.0 Å². The Bertz CT molecular complexity index is 418.